The molecule has 1 N–H and O–H groups in total. The van der Waals surface area contributed by atoms with Gasteiger partial charge in [-0.1, -0.05) is 36.4 Å². The number of ether oxygens (including phenoxy) is 1. The summed E-state index contributed by atoms with van der Waals surface area (Å²) < 4.78 is 11.7. The number of amides is 1. The maximum absolute atomic E-state index is 12.6. The normalized spacial score (nSPS) is 10.8. The Labute approximate surface area is 189 Å². The van der Waals surface area contributed by atoms with E-state index in [0.29, 0.717) is 35.6 Å². The van der Waals surface area contributed by atoms with E-state index in [1.54, 1.807) is 31.2 Å². The van der Waals surface area contributed by atoms with Gasteiger partial charge in [-0.15, -0.1) is 4.57 Å². The van der Waals surface area contributed by atoms with Crippen molar-refractivity contribution < 1.29 is 18.8 Å². The average molecular weight is 445 g/mol. The largest absolute Gasteiger partial charge is 0.456 e. The molecule has 0 fully saturated rings. The van der Waals surface area contributed by atoms with E-state index in [-0.39, 0.29) is 18.1 Å². The van der Waals surface area contributed by atoms with Crippen molar-refractivity contribution >= 4 is 23.2 Å². The van der Waals surface area contributed by atoms with Gasteiger partial charge in [-0.25, -0.2) is 9.78 Å². The zero-order valence-corrected chi connectivity index (χ0v) is 18.3. The molecule has 0 atom stereocenters. The lowest BCUT2D eigenvalue weighted by Crippen LogP contribution is -2.16. The van der Waals surface area contributed by atoms with E-state index >= 15 is 0 Å². The van der Waals surface area contributed by atoms with Crippen molar-refractivity contribution in [1.29, 1.82) is 0 Å². The standard InChI is InChI=1S/C25H23N3O5/c1-16-8-10-19(13-21(16)27-23(29)11-9-18-6-4-3-5-7-18)25(31)32-15-20-14-24(30)28-22(26-20)12-17(2)33-28/h3-8,10,12-14H,9,11,15H2,1-2H3,(H,27,29). The van der Waals surface area contributed by atoms with E-state index in [9.17, 15) is 14.4 Å². The second-order valence-electron chi connectivity index (χ2n) is 7.72. The number of fused-ring (bicyclic) bond motifs is 1. The van der Waals surface area contributed by atoms with Crippen LogP contribution in [0, 0.1) is 13.8 Å². The number of carbonyl (C=O) groups excluding carboxylic acids is 2. The second-order valence-corrected chi connectivity index (χ2v) is 7.72. The Morgan fingerprint density at radius 3 is 2.64 bits per heavy atom. The fourth-order valence-electron chi connectivity index (χ4n) is 3.37. The Bertz CT molecular complexity index is 1370. The summed E-state index contributed by atoms with van der Waals surface area (Å²) in [5.74, 6) is -0.173. The monoisotopic (exact) mass is 445 g/mol. The van der Waals surface area contributed by atoms with E-state index in [0.717, 1.165) is 15.7 Å². The first-order valence-electron chi connectivity index (χ1n) is 10.5. The number of rotatable bonds is 7. The molecule has 0 aliphatic carbocycles. The van der Waals surface area contributed by atoms with Crippen LogP contribution in [0.3, 0.4) is 0 Å². The number of benzene rings is 2. The highest BCUT2D eigenvalue weighted by Gasteiger charge is 2.13. The average Bonchev–Trinajstić information content (AvgIpc) is 3.19. The summed E-state index contributed by atoms with van der Waals surface area (Å²) in [5, 5.41) is 2.87. The number of nitrogens with one attached hydrogen (secondary N) is 1. The van der Waals surface area contributed by atoms with Crippen molar-refractivity contribution in [2.24, 2.45) is 0 Å². The summed E-state index contributed by atoms with van der Waals surface area (Å²) in [6.07, 6.45) is 0.955. The highest BCUT2D eigenvalue weighted by atomic mass is 16.5. The number of carbonyl (C=O) groups is 2. The molecule has 2 heterocycles. The molecule has 0 bridgehead atoms. The summed E-state index contributed by atoms with van der Waals surface area (Å²) >= 11 is 0. The van der Waals surface area contributed by atoms with Gasteiger partial charge < -0.3 is 14.6 Å². The van der Waals surface area contributed by atoms with Gasteiger partial charge in [0.25, 0.3) is 5.56 Å². The number of aryl methyl sites for hydroxylation is 3. The van der Waals surface area contributed by atoms with Crippen LogP contribution >= 0.6 is 0 Å². The van der Waals surface area contributed by atoms with Crippen LogP contribution in [0.5, 0.6) is 0 Å². The molecule has 4 aromatic rings. The number of hydrogen-bond acceptors (Lipinski definition) is 6. The number of nitrogens with zero attached hydrogens (tertiary/aromatic N) is 2. The third-order valence-corrected chi connectivity index (χ3v) is 5.11. The summed E-state index contributed by atoms with van der Waals surface area (Å²) in [4.78, 5) is 41.3. The maximum Gasteiger partial charge on any atom is 0.338 e. The molecule has 0 spiro atoms. The molecular weight excluding hydrogens is 422 g/mol. The van der Waals surface area contributed by atoms with Crippen molar-refractivity contribution in [1.82, 2.24) is 9.56 Å². The van der Waals surface area contributed by atoms with Crippen molar-refractivity contribution in [3.05, 3.63) is 99.2 Å². The highest BCUT2D eigenvalue weighted by Crippen LogP contribution is 2.19. The smallest absolute Gasteiger partial charge is 0.338 e. The van der Waals surface area contributed by atoms with Gasteiger partial charge in [-0.2, -0.15) is 0 Å². The maximum atomic E-state index is 12.6. The van der Waals surface area contributed by atoms with E-state index in [2.05, 4.69) is 10.3 Å². The van der Waals surface area contributed by atoms with Crippen LogP contribution in [0.2, 0.25) is 0 Å². The van der Waals surface area contributed by atoms with Crippen molar-refractivity contribution in [3.63, 3.8) is 0 Å². The van der Waals surface area contributed by atoms with Gasteiger partial charge in [0, 0.05) is 24.2 Å². The topological polar surface area (TPSA) is 103 Å². The van der Waals surface area contributed by atoms with E-state index < -0.39 is 11.5 Å². The first-order chi connectivity index (χ1) is 15.9. The minimum Gasteiger partial charge on any atom is -0.456 e. The number of anilines is 1. The molecule has 0 radical (unpaired) electrons. The Hall–Kier alpha value is -4.20. The molecule has 8 heteroatoms. The van der Waals surface area contributed by atoms with Crippen LogP contribution in [0.15, 0.2) is 70.0 Å². The van der Waals surface area contributed by atoms with Crippen molar-refractivity contribution in [3.8, 4) is 0 Å². The Morgan fingerprint density at radius 2 is 1.85 bits per heavy atom. The SMILES string of the molecule is Cc1cc2nc(COC(=O)c3ccc(C)c(NC(=O)CCc4ccccc4)c3)cc(=O)n2o1. The predicted octanol–water partition coefficient (Wildman–Crippen LogP) is 3.83. The fraction of sp³-hybridized carbons (Fsp3) is 0.200. The Morgan fingerprint density at radius 1 is 1.06 bits per heavy atom. The summed E-state index contributed by atoms with van der Waals surface area (Å²) in [5.41, 5.74) is 3.02. The van der Waals surface area contributed by atoms with Crippen LogP contribution in [0.1, 0.15) is 39.4 Å². The molecule has 0 saturated heterocycles. The zero-order chi connectivity index (χ0) is 23.4. The van der Waals surface area contributed by atoms with E-state index in [1.807, 2.05) is 37.3 Å². The van der Waals surface area contributed by atoms with Crippen LogP contribution < -0.4 is 10.9 Å². The van der Waals surface area contributed by atoms with Gasteiger partial charge in [-0.3, -0.25) is 9.59 Å². The Kier molecular flexibility index (Phi) is 6.35. The first kappa shape index (κ1) is 22.0. The van der Waals surface area contributed by atoms with Crippen LogP contribution in [-0.4, -0.2) is 21.4 Å². The molecule has 1 amide bonds. The quantitative estimate of drug-likeness (QED) is 0.434. The van der Waals surface area contributed by atoms with E-state index in [4.69, 9.17) is 9.26 Å². The number of hydrogen-bond donors (Lipinski definition) is 1. The predicted molar refractivity (Wildman–Crippen MR) is 122 cm³/mol. The minimum atomic E-state index is -0.583. The lowest BCUT2D eigenvalue weighted by Gasteiger charge is -2.11. The second kappa shape index (κ2) is 9.52. The molecular formula is C25H23N3O5. The fourth-order valence-corrected chi connectivity index (χ4v) is 3.37. The van der Waals surface area contributed by atoms with Crippen LogP contribution in [-0.2, 0) is 22.6 Å². The van der Waals surface area contributed by atoms with Crippen molar-refractivity contribution in [2.75, 3.05) is 5.32 Å². The summed E-state index contributed by atoms with van der Waals surface area (Å²) in [7, 11) is 0. The molecule has 0 aliphatic heterocycles. The van der Waals surface area contributed by atoms with Crippen LogP contribution in [0.4, 0.5) is 5.69 Å². The lowest BCUT2D eigenvalue weighted by molar-refractivity contribution is -0.116. The molecule has 4 rings (SSSR count). The summed E-state index contributed by atoms with van der Waals surface area (Å²) in [6, 6.07) is 17.6. The molecule has 8 nitrogen and oxygen atoms in total. The van der Waals surface area contributed by atoms with Gasteiger partial charge in [0.15, 0.2) is 5.65 Å². The van der Waals surface area contributed by atoms with Gasteiger partial charge in [0.1, 0.15) is 12.4 Å². The van der Waals surface area contributed by atoms with Gasteiger partial charge >= 0.3 is 5.97 Å². The zero-order valence-electron chi connectivity index (χ0n) is 18.3. The van der Waals surface area contributed by atoms with Gasteiger partial charge in [0.2, 0.25) is 5.91 Å². The third-order valence-electron chi connectivity index (χ3n) is 5.11. The van der Waals surface area contributed by atoms with E-state index in [1.165, 1.54) is 6.07 Å². The highest BCUT2D eigenvalue weighted by molar-refractivity contribution is 5.95. The van der Waals surface area contributed by atoms with Crippen molar-refractivity contribution in [2.45, 2.75) is 33.3 Å². The first-order valence-corrected chi connectivity index (χ1v) is 10.5. The molecule has 2 aromatic carbocycles. The summed E-state index contributed by atoms with van der Waals surface area (Å²) in [6.45, 7) is 3.39. The number of aromatic nitrogens is 2. The number of esters is 1. The molecule has 0 saturated carbocycles. The van der Waals surface area contributed by atoms with Crippen LogP contribution in [0.25, 0.3) is 5.65 Å². The molecule has 168 valence electrons. The lowest BCUT2D eigenvalue weighted by atomic mass is 10.1. The third kappa shape index (κ3) is 5.35. The molecule has 0 aliphatic rings. The van der Waals surface area contributed by atoms with Gasteiger partial charge in [-0.05, 0) is 43.5 Å². The molecule has 33 heavy (non-hydrogen) atoms. The van der Waals surface area contributed by atoms with Gasteiger partial charge in [0.05, 0.1) is 11.3 Å². The Balaban J connectivity index is 1.39. The molecule has 0 unspecified atom stereocenters. The minimum absolute atomic E-state index is 0.138. The molecule has 2 aromatic heterocycles.